The number of carbonyl (C=O) groups is 1. The Kier molecular flexibility index (Phi) is 4.29. The van der Waals surface area contributed by atoms with Crippen molar-refractivity contribution in [1.82, 2.24) is 15.1 Å². The Bertz CT molecular complexity index is 728. The molecule has 1 saturated heterocycles. The van der Waals surface area contributed by atoms with Crippen molar-refractivity contribution in [2.45, 2.75) is 18.9 Å². The number of rotatable bonds is 3. The molecular formula is C17H19N5O. The highest BCUT2D eigenvalue weighted by molar-refractivity contribution is 5.91. The molecule has 1 atom stereocenters. The number of hydrogen-bond donors (Lipinski definition) is 1. The summed E-state index contributed by atoms with van der Waals surface area (Å²) in [6.07, 6.45) is 3.99. The van der Waals surface area contributed by atoms with Gasteiger partial charge in [-0.15, -0.1) is 0 Å². The van der Waals surface area contributed by atoms with E-state index in [9.17, 15) is 4.79 Å². The van der Waals surface area contributed by atoms with Crippen LogP contribution in [-0.2, 0) is 0 Å². The second-order valence-corrected chi connectivity index (χ2v) is 5.66. The van der Waals surface area contributed by atoms with Crippen molar-refractivity contribution in [3.63, 3.8) is 0 Å². The molecule has 0 aliphatic carbocycles. The van der Waals surface area contributed by atoms with Gasteiger partial charge in [-0.1, -0.05) is 0 Å². The molecule has 1 aromatic heterocycles. The lowest BCUT2D eigenvalue weighted by atomic mass is 10.0. The highest BCUT2D eigenvalue weighted by Gasteiger charge is 2.23. The first-order valence-electron chi connectivity index (χ1n) is 7.73. The zero-order valence-corrected chi connectivity index (χ0v) is 13.1. The first-order valence-corrected chi connectivity index (χ1v) is 7.73. The van der Waals surface area contributed by atoms with Crippen molar-refractivity contribution in [1.29, 1.82) is 5.26 Å². The Hall–Kier alpha value is -2.81. The molecule has 0 unspecified atom stereocenters. The molecule has 1 aliphatic rings. The number of amides is 1. The number of piperidine rings is 1. The average molecular weight is 309 g/mol. The van der Waals surface area contributed by atoms with Crippen LogP contribution in [0.2, 0.25) is 0 Å². The van der Waals surface area contributed by atoms with Gasteiger partial charge in [0.05, 0.1) is 17.7 Å². The first kappa shape index (κ1) is 15.1. The van der Waals surface area contributed by atoms with Crippen LogP contribution in [0, 0.1) is 11.3 Å². The van der Waals surface area contributed by atoms with Crippen molar-refractivity contribution < 1.29 is 4.79 Å². The molecule has 1 N–H and O–H groups in total. The minimum Gasteiger partial charge on any atom is -0.369 e. The van der Waals surface area contributed by atoms with E-state index < -0.39 is 0 Å². The van der Waals surface area contributed by atoms with Gasteiger partial charge < -0.3 is 10.2 Å². The van der Waals surface area contributed by atoms with E-state index in [1.54, 1.807) is 13.1 Å². The largest absolute Gasteiger partial charge is 0.369 e. The highest BCUT2D eigenvalue weighted by Crippen LogP contribution is 2.26. The quantitative estimate of drug-likeness (QED) is 0.940. The molecule has 23 heavy (non-hydrogen) atoms. The third-order valence-electron chi connectivity index (χ3n) is 4.20. The van der Waals surface area contributed by atoms with E-state index >= 15 is 0 Å². The molecule has 0 spiro atoms. The summed E-state index contributed by atoms with van der Waals surface area (Å²) in [5.74, 6) is -0.163. The van der Waals surface area contributed by atoms with Crippen LogP contribution in [0.25, 0.3) is 0 Å². The van der Waals surface area contributed by atoms with E-state index in [4.69, 9.17) is 5.26 Å². The molecule has 6 nitrogen and oxygen atoms in total. The molecule has 0 bridgehead atoms. The first-order chi connectivity index (χ1) is 11.2. The molecule has 2 heterocycles. The summed E-state index contributed by atoms with van der Waals surface area (Å²) in [6, 6.07) is 11.8. The number of nitrogens with zero attached hydrogens (tertiary/aromatic N) is 4. The van der Waals surface area contributed by atoms with Gasteiger partial charge in [-0.3, -0.25) is 9.48 Å². The van der Waals surface area contributed by atoms with E-state index in [2.05, 4.69) is 21.4 Å². The maximum absolute atomic E-state index is 11.6. The summed E-state index contributed by atoms with van der Waals surface area (Å²) >= 11 is 0. The van der Waals surface area contributed by atoms with Crippen molar-refractivity contribution in [2.75, 3.05) is 25.0 Å². The SMILES string of the molecule is CNC(=O)c1ccn([C@H]2CCCN(c3ccc(C#N)cc3)C2)n1. The van der Waals surface area contributed by atoms with Crippen molar-refractivity contribution in [3.8, 4) is 6.07 Å². The summed E-state index contributed by atoms with van der Waals surface area (Å²) in [5.41, 5.74) is 2.24. The molecule has 0 saturated carbocycles. The normalized spacial score (nSPS) is 17.6. The van der Waals surface area contributed by atoms with Gasteiger partial charge in [0.1, 0.15) is 5.69 Å². The third-order valence-corrected chi connectivity index (χ3v) is 4.20. The van der Waals surface area contributed by atoms with Gasteiger partial charge in [0.2, 0.25) is 0 Å². The topological polar surface area (TPSA) is 74.0 Å². The van der Waals surface area contributed by atoms with Gasteiger partial charge in [0.15, 0.2) is 0 Å². The number of hydrogen-bond acceptors (Lipinski definition) is 4. The lowest BCUT2D eigenvalue weighted by Gasteiger charge is -2.34. The summed E-state index contributed by atoms with van der Waals surface area (Å²) in [4.78, 5) is 13.9. The van der Waals surface area contributed by atoms with Gasteiger partial charge in [-0.05, 0) is 43.2 Å². The van der Waals surface area contributed by atoms with E-state index in [-0.39, 0.29) is 11.9 Å². The van der Waals surface area contributed by atoms with E-state index in [0.717, 1.165) is 31.6 Å². The summed E-state index contributed by atoms with van der Waals surface area (Å²) in [6.45, 7) is 1.84. The molecule has 118 valence electrons. The standard InChI is InChI=1S/C17H19N5O/c1-19-17(23)16-8-10-22(20-16)15-3-2-9-21(12-15)14-6-4-13(11-18)5-7-14/h4-8,10,15H,2-3,9,12H2,1H3,(H,19,23)/t15-/m0/s1. The lowest BCUT2D eigenvalue weighted by molar-refractivity contribution is 0.0957. The van der Waals surface area contributed by atoms with Crippen LogP contribution in [0.4, 0.5) is 5.69 Å². The van der Waals surface area contributed by atoms with Crippen molar-refractivity contribution in [2.24, 2.45) is 0 Å². The summed E-state index contributed by atoms with van der Waals surface area (Å²) in [7, 11) is 1.61. The smallest absolute Gasteiger partial charge is 0.271 e. The molecule has 1 aromatic carbocycles. The minimum absolute atomic E-state index is 0.163. The summed E-state index contributed by atoms with van der Waals surface area (Å²) in [5, 5.41) is 15.9. The van der Waals surface area contributed by atoms with Gasteiger partial charge >= 0.3 is 0 Å². The number of nitriles is 1. The predicted molar refractivity (Wildman–Crippen MR) is 87.3 cm³/mol. The van der Waals surface area contributed by atoms with Crippen LogP contribution in [0.5, 0.6) is 0 Å². The molecular weight excluding hydrogens is 290 g/mol. The number of anilines is 1. The Balaban J connectivity index is 1.74. The van der Waals surface area contributed by atoms with Gasteiger partial charge in [0.25, 0.3) is 5.91 Å². The maximum atomic E-state index is 11.6. The second-order valence-electron chi connectivity index (χ2n) is 5.66. The van der Waals surface area contributed by atoms with Crippen LogP contribution in [-0.4, -0.2) is 35.8 Å². The van der Waals surface area contributed by atoms with E-state index in [1.807, 2.05) is 35.1 Å². The number of nitrogens with one attached hydrogen (secondary N) is 1. The highest BCUT2D eigenvalue weighted by atomic mass is 16.1. The van der Waals surface area contributed by atoms with Crippen LogP contribution in [0.3, 0.4) is 0 Å². The monoisotopic (exact) mass is 309 g/mol. The molecule has 1 fully saturated rings. The summed E-state index contributed by atoms with van der Waals surface area (Å²) < 4.78 is 1.89. The fourth-order valence-corrected chi connectivity index (χ4v) is 2.94. The number of benzene rings is 1. The zero-order chi connectivity index (χ0) is 16.2. The van der Waals surface area contributed by atoms with Gasteiger partial charge in [-0.2, -0.15) is 10.4 Å². The van der Waals surface area contributed by atoms with Crippen LogP contribution in [0.1, 0.15) is 34.9 Å². The van der Waals surface area contributed by atoms with Crippen molar-refractivity contribution >= 4 is 11.6 Å². The van der Waals surface area contributed by atoms with Gasteiger partial charge in [-0.25, -0.2) is 0 Å². The third kappa shape index (κ3) is 3.19. The number of carbonyl (C=O) groups excluding carboxylic acids is 1. The molecule has 6 heteroatoms. The Morgan fingerprint density at radius 3 is 2.83 bits per heavy atom. The van der Waals surface area contributed by atoms with Crippen LogP contribution < -0.4 is 10.2 Å². The van der Waals surface area contributed by atoms with Crippen molar-refractivity contribution in [3.05, 3.63) is 47.8 Å². The Labute approximate surface area is 135 Å². The second kappa shape index (κ2) is 6.53. The molecule has 3 rings (SSSR count). The van der Waals surface area contributed by atoms with Crippen LogP contribution in [0.15, 0.2) is 36.5 Å². The Morgan fingerprint density at radius 2 is 2.13 bits per heavy atom. The van der Waals surface area contributed by atoms with E-state index in [0.29, 0.717) is 11.3 Å². The van der Waals surface area contributed by atoms with E-state index in [1.165, 1.54) is 0 Å². The average Bonchev–Trinajstić information content (AvgIpc) is 3.11. The molecule has 1 aliphatic heterocycles. The van der Waals surface area contributed by atoms with Crippen LogP contribution >= 0.6 is 0 Å². The fraction of sp³-hybridized carbons (Fsp3) is 0.353. The minimum atomic E-state index is -0.163. The Morgan fingerprint density at radius 1 is 1.35 bits per heavy atom. The van der Waals surface area contributed by atoms with Gasteiger partial charge in [0, 0.05) is 32.0 Å². The zero-order valence-electron chi connectivity index (χ0n) is 13.1. The predicted octanol–water partition coefficient (Wildman–Crippen LogP) is 1.96. The number of aromatic nitrogens is 2. The molecule has 0 radical (unpaired) electrons. The fourth-order valence-electron chi connectivity index (χ4n) is 2.94. The molecule has 2 aromatic rings. The lowest BCUT2D eigenvalue weighted by Crippen LogP contribution is -2.36. The molecule has 1 amide bonds. The maximum Gasteiger partial charge on any atom is 0.271 e.